The summed E-state index contributed by atoms with van der Waals surface area (Å²) in [6, 6.07) is 22.6. The van der Waals surface area contributed by atoms with Crippen LogP contribution in [0.4, 0.5) is 0 Å². The smallest absolute Gasteiger partial charge is 0.0638 e. The predicted octanol–water partition coefficient (Wildman–Crippen LogP) is 3.72. The molecule has 0 aliphatic rings. The summed E-state index contributed by atoms with van der Waals surface area (Å²) in [6.07, 6.45) is 0.450. The first-order valence-electron chi connectivity index (χ1n) is 5.54. The molecule has 17 heavy (non-hydrogen) atoms. The molecule has 2 aromatic rings. The van der Waals surface area contributed by atoms with E-state index in [-0.39, 0.29) is 5.16 Å². The molecule has 0 bridgehead atoms. The van der Waals surface area contributed by atoms with Crippen LogP contribution in [0.1, 0.15) is 17.5 Å². The molecule has 1 atom stereocenters. The molecule has 0 saturated heterocycles. The zero-order valence-corrected chi connectivity index (χ0v) is 10.7. The first-order valence-corrected chi connectivity index (χ1v) is 6.12. The monoisotopic (exact) mass is 239 g/mol. The molecule has 0 amide bonds. The lowest BCUT2D eigenvalue weighted by molar-refractivity contribution is 0.764. The van der Waals surface area contributed by atoms with Crippen LogP contribution in [0.15, 0.2) is 60.7 Å². The van der Waals surface area contributed by atoms with Crippen LogP contribution in [0.25, 0.3) is 0 Å². The fourth-order valence-electron chi connectivity index (χ4n) is 1.97. The van der Waals surface area contributed by atoms with E-state index in [1.807, 2.05) is 36.4 Å². The van der Waals surface area contributed by atoms with Crippen LogP contribution >= 0.6 is 9.24 Å². The average molecular weight is 239 g/mol. The summed E-state index contributed by atoms with van der Waals surface area (Å²) < 4.78 is 0. The molecule has 0 N–H and O–H groups in total. The minimum absolute atomic E-state index is 0.308. The van der Waals surface area contributed by atoms with Crippen LogP contribution < -0.4 is 0 Å². The summed E-state index contributed by atoms with van der Waals surface area (Å²) in [5.74, 6) is 0. The van der Waals surface area contributed by atoms with Crippen molar-refractivity contribution < 1.29 is 0 Å². The van der Waals surface area contributed by atoms with Gasteiger partial charge in [0.25, 0.3) is 0 Å². The van der Waals surface area contributed by atoms with Crippen molar-refractivity contribution in [1.82, 2.24) is 0 Å². The third kappa shape index (κ3) is 2.38. The van der Waals surface area contributed by atoms with Gasteiger partial charge in [0.2, 0.25) is 0 Å². The molecule has 2 heteroatoms. The second kappa shape index (κ2) is 5.13. The number of hydrogen-bond acceptors (Lipinski definition) is 1. The number of nitrogens with zero attached hydrogens (tertiary/aromatic N) is 1. The van der Waals surface area contributed by atoms with Crippen molar-refractivity contribution in [2.24, 2.45) is 0 Å². The van der Waals surface area contributed by atoms with E-state index in [0.717, 1.165) is 11.1 Å². The van der Waals surface area contributed by atoms with Gasteiger partial charge in [-0.2, -0.15) is 5.26 Å². The molecule has 2 aromatic carbocycles. The Kier molecular flexibility index (Phi) is 3.57. The molecule has 0 spiro atoms. The molecule has 0 aromatic heterocycles. The molecular weight excluding hydrogens is 225 g/mol. The highest BCUT2D eigenvalue weighted by Gasteiger charge is 2.28. The SMILES string of the molecule is N#CCC(P)(c1ccccc1)c1ccccc1. The molecule has 0 fully saturated rings. The van der Waals surface area contributed by atoms with Gasteiger partial charge in [-0.15, -0.1) is 9.24 Å². The van der Waals surface area contributed by atoms with Gasteiger partial charge in [0, 0.05) is 5.16 Å². The fraction of sp³-hybridized carbons (Fsp3) is 0.133. The Morgan fingerprint density at radius 1 is 0.882 bits per heavy atom. The van der Waals surface area contributed by atoms with Crippen molar-refractivity contribution in [2.45, 2.75) is 11.6 Å². The van der Waals surface area contributed by atoms with Crippen molar-refractivity contribution in [3.05, 3.63) is 71.8 Å². The van der Waals surface area contributed by atoms with Gasteiger partial charge in [-0.05, 0) is 11.1 Å². The summed E-state index contributed by atoms with van der Waals surface area (Å²) in [6.45, 7) is 0. The molecule has 0 radical (unpaired) electrons. The number of benzene rings is 2. The lowest BCUT2D eigenvalue weighted by atomic mass is 9.88. The number of nitriles is 1. The van der Waals surface area contributed by atoms with Gasteiger partial charge < -0.3 is 0 Å². The first-order chi connectivity index (χ1) is 8.27. The van der Waals surface area contributed by atoms with Crippen LogP contribution in [-0.2, 0) is 5.16 Å². The van der Waals surface area contributed by atoms with Crippen LogP contribution in [0.3, 0.4) is 0 Å². The van der Waals surface area contributed by atoms with Crippen LogP contribution in [0, 0.1) is 11.3 Å². The molecule has 1 nitrogen and oxygen atoms in total. The van der Waals surface area contributed by atoms with Gasteiger partial charge in [-0.3, -0.25) is 0 Å². The summed E-state index contributed by atoms with van der Waals surface area (Å²) in [7, 11) is 2.84. The van der Waals surface area contributed by atoms with Crippen molar-refractivity contribution in [3.8, 4) is 6.07 Å². The topological polar surface area (TPSA) is 23.8 Å². The lowest BCUT2D eigenvalue weighted by Gasteiger charge is -2.28. The molecule has 2 rings (SSSR count). The normalized spacial score (nSPS) is 10.8. The Bertz CT molecular complexity index is 474. The average Bonchev–Trinajstić information content (AvgIpc) is 2.41. The Balaban J connectivity index is 2.52. The molecule has 0 heterocycles. The summed E-state index contributed by atoms with van der Waals surface area (Å²) in [4.78, 5) is 0. The Labute approximate surface area is 104 Å². The van der Waals surface area contributed by atoms with Crippen molar-refractivity contribution in [1.29, 1.82) is 5.26 Å². The standard InChI is InChI=1S/C15H14NP/c16-12-11-15(17,13-7-3-1-4-8-13)14-9-5-2-6-10-14/h1-10H,11,17H2. The van der Waals surface area contributed by atoms with E-state index < -0.39 is 0 Å². The van der Waals surface area contributed by atoms with Crippen LogP contribution in [0.2, 0.25) is 0 Å². The Morgan fingerprint density at radius 2 is 1.29 bits per heavy atom. The molecule has 1 unspecified atom stereocenters. The van der Waals surface area contributed by atoms with Gasteiger partial charge in [-0.25, -0.2) is 0 Å². The van der Waals surface area contributed by atoms with Crippen molar-refractivity contribution >= 4 is 9.24 Å². The highest BCUT2D eigenvalue weighted by Crippen LogP contribution is 2.41. The third-order valence-electron chi connectivity index (χ3n) is 2.94. The van der Waals surface area contributed by atoms with E-state index in [0.29, 0.717) is 6.42 Å². The molecule has 0 aliphatic heterocycles. The molecule has 0 saturated carbocycles. The van der Waals surface area contributed by atoms with E-state index in [1.54, 1.807) is 0 Å². The second-order valence-corrected chi connectivity index (χ2v) is 5.02. The highest BCUT2D eigenvalue weighted by molar-refractivity contribution is 7.19. The zero-order valence-electron chi connectivity index (χ0n) is 9.51. The van der Waals surface area contributed by atoms with Gasteiger partial charge in [0.1, 0.15) is 0 Å². The maximum atomic E-state index is 9.06. The van der Waals surface area contributed by atoms with E-state index in [2.05, 4.69) is 39.6 Å². The second-order valence-electron chi connectivity index (χ2n) is 4.04. The maximum absolute atomic E-state index is 9.06. The van der Waals surface area contributed by atoms with Gasteiger partial charge in [0.05, 0.1) is 12.5 Å². The predicted molar refractivity (Wildman–Crippen MR) is 73.6 cm³/mol. The highest BCUT2D eigenvalue weighted by atomic mass is 31.0. The number of rotatable bonds is 3. The van der Waals surface area contributed by atoms with Gasteiger partial charge in [-0.1, -0.05) is 60.7 Å². The van der Waals surface area contributed by atoms with E-state index in [4.69, 9.17) is 5.26 Å². The van der Waals surface area contributed by atoms with Crippen molar-refractivity contribution in [2.75, 3.05) is 0 Å². The van der Waals surface area contributed by atoms with E-state index in [9.17, 15) is 0 Å². The number of hydrogen-bond donors (Lipinski definition) is 0. The Hall–Kier alpha value is -1.64. The quantitative estimate of drug-likeness (QED) is 0.749. The molecule has 84 valence electrons. The van der Waals surface area contributed by atoms with E-state index >= 15 is 0 Å². The minimum Gasteiger partial charge on any atom is -0.198 e. The Morgan fingerprint density at radius 3 is 1.65 bits per heavy atom. The van der Waals surface area contributed by atoms with Gasteiger partial charge in [0.15, 0.2) is 0 Å². The zero-order chi connectivity index (χ0) is 12.1. The molecule has 0 aliphatic carbocycles. The molecular formula is C15H14NP. The van der Waals surface area contributed by atoms with E-state index in [1.165, 1.54) is 0 Å². The summed E-state index contributed by atoms with van der Waals surface area (Å²) in [5, 5.41) is 8.75. The van der Waals surface area contributed by atoms with Crippen LogP contribution in [-0.4, -0.2) is 0 Å². The largest absolute Gasteiger partial charge is 0.198 e. The van der Waals surface area contributed by atoms with Crippen molar-refractivity contribution in [3.63, 3.8) is 0 Å². The van der Waals surface area contributed by atoms with Crippen LogP contribution in [0.5, 0.6) is 0 Å². The maximum Gasteiger partial charge on any atom is 0.0638 e. The van der Waals surface area contributed by atoms with Gasteiger partial charge >= 0.3 is 0 Å². The fourth-order valence-corrected chi connectivity index (χ4v) is 2.44. The first kappa shape index (κ1) is 11.8. The summed E-state index contributed by atoms with van der Waals surface area (Å²) >= 11 is 0. The minimum atomic E-state index is -0.308. The third-order valence-corrected chi connectivity index (χ3v) is 3.81. The lowest BCUT2D eigenvalue weighted by Crippen LogP contribution is -2.18. The summed E-state index contributed by atoms with van der Waals surface area (Å²) in [5.41, 5.74) is 2.30.